The fourth-order valence-corrected chi connectivity index (χ4v) is 3.31. The van der Waals surface area contributed by atoms with Crippen LogP contribution in [-0.2, 0) is 4.84 Å². The third-order valence-corrected chi connectivity index (χ3v) is 4.70. The van der Waals surface area contributed by atoms with E-state index in [0.29, 0.717) is 18.8 Å². The Hall–Kier alpha value is -2.52. The Balaban J connectivity index is 1.79. The van der Waals surface area contributed by atoms with Crippen LogP contribution >= 0.6 is 0 Å². The molecule has 9 heteroatoms. The van der Waals surface area contributed by atoms with Crippen LogP contribution in [0.4, 0.5) is 14.5 Å². The van der Waals surface area contributed by atoms with Crippen molar-refractivity contribution in [2.75, 3.05) is 18.4 Å². The van der Waals surface area contributed by atoms with Crippen molar-refractivity contribution < 1.29 is 18.4 Å². The van der Waals surface area contributed by atoms with Gasteiger partial charge in [0, 0.05) is 19.2 Å². The van der Waals surface area contributed by atoms with Gasteiger partial charge in [-0.2, -0.15) is 9.78 Å². The molecule has 164 valence electrons. The number of rotatable bonds is 10. The van der Waals surface area contributed by atoms with Gasteiger partial charge in [-0.05, 0) is 58.1 Å². The maximum atomic E-state index is 13.6. The number of hydrogen-bond donors (Lipinski definition) is 2. The highest BCUT2D eigenvalue weighted by Gasteiger charge is 2.22. The Labute approximate surface area is 174 Å². The molecule has 1 heterocycles. The molecule has 30 heavy (non-hydrogen) atoms. The second-order valence-electron chi connectivity index (χ2n) is 7.60. The van der Waals surface area contributed by atoms with Gasteiger partial charge in [0.25, 0.3) is 0 Å². The van der Waals surface area contributed by atoms with Gasteiger partial charge in [-0.1, -0.05) is 0 Å². The summed E-state index contributed by atoms with van der Waals surface area (Å²) in [6.45, 7) is 5.07. The molecule has 3 rings (SSSR count). The number of halogens is 2. The monoisotopic (exact) mass is 422 g/mol. The molecule has 0 spiro atoms. The first-order chi connectivity index (χ1) is 14.4. The van der Waals surface area contributed by atoms with Gasteiger partial charge in [-0.3, -0.25) is 9.63 Å². The number of anilines is 1. The Morgan fingerprint density at radius 3 is 2.53 bits per heavy atom. The summed E-state index contributed by atoms with van der Waals surface area (Å²) in [4.78, 5) is 18.3. The molecule has 1 aliphatic rings. The maximum Gasteiger partial charge on any atom is 0.316 e. The van der Waals surface area contributed by atoms with Crippen LogP contribution in [0.5, 0.6) is 5.75 Å². The number of nitrogens with one attached hydrogen (secondary N) is 2. The summed E-state index contributed by atoms with van der Waals surface area (Å²) < 4.78 is 34.2. The van der Waals surface area contributed by atoms with Crippen molar-refractivity contribution in [1.82, 2.24) is 15.3 Å². The Morgan fingerprint density at radius 1 is 1.17 bits per heavy atom. The van der Waals surface area contributed by atoms with E-state index >= 15 is 0 Å². The van der Waals surface area contributed by atoms with Crippen LogP contribution < -0.4 is 21.1 Å². The summed E-state index contributed by atoms with van der Waals surface area (Å²) in [5, 5.41) is 7.27. The van der Waals surface area contributed by atoms with E-state index in [0.717, 1.165) is 55.0 Å². The first-order valence-corrected chi connectivity index (χ1v) is 10.3. The zero-order valence-corrected chi connectivity index (χ0v) is 17.3. The SMILES string of the molecule is CC(C)ONCCCNc1cnn(-c2cc(F)cc(F)c2)c(=O)c1OC1CCCC1. The van der Waals surface area contributed by atoms with E-state index < -0.39 is 17.2 Å². The highest BCUT2D eigenvalue weighted by molar-refractivity contribution is 5.54. The molecule has 1 fully saturated rings. The highest BCUT2D eigenvalue weighted by Crippen LogP contribution is 2.27. The minimum Gasteiger partial charge on any atom is -0.483 e. The molecule has 0 saturated heterocycles. The molecule has 7 nitrogen and oxygen atoms in total. The molecule has 1 aromatic carbocycles. The van der Waals surface area contributed by atoms with Crippen LogP contribution in [0.1, 0.15) is 46.0 Å². The quantitative estimate of drug-likeness (QED) is 0.450. The van der Waals surface area contributed by atoms with E-state index in [4.69, 9.17) is 9.57 Å². The first kappa shape index (κ1) is 22.2. The van der Waals surface area contributed by atoms with Crippen molar-refractivity contribution in [1.29, 1.82) is 0 Å². The molecule has 1 aromatic heterocycles. The highest BCUT2D eigenvalue weighted by atomic mass is 19.1. The topological polar surface area (TPSA) is 77.4 Å². The number of hydroxylamine groups is 1. The van der Waals surface area contributed by atoms with E-state index in [-0.39, 0.29) is 23.6 Å². The number of nitrogens with zero attached hydrogens (tertiary/aromatic N) is 2. The first-order valence-electron chi connectivity index (χ1n) is 10.3. The van der Waals surface area contributed by atoms with Gasteiger partial charge in [0.15, 0.2) is 0 Å². The van der Waals surface area contributed by atoms with Gasteiger partial charge in [-0.15, -0.1) is 0 Å². The van der Waals surface area contributed by atoms with Gasteiger partial charge in [-0.25, -0.2) is 14.3 Å². The second-order valence-corrected chi connectivity index (χ2v) is 7.60. The smallest absolute Gasteiger partial charge is 0.316 e. The van der Waals surface area contributed by atoms with Crippen molar-refractivity contribution >= 4 is 5.69 Å². The van der Waals surface area contributed by atoms with Crippen molar-refractivity contribution in [3.63, 3.8) is 0 Å². The fraction of sp³-hybridized carbons (Fsp3) is 0.524. The lowest BCUT2D eigenvalue weighted by atomic mass is 10.3. The summed E-state index contributed by atoms with van der Waals surface area (Å²) >= 11 is 0. The predicted molar refractivity (Wildman–Crippen MR) is 110 cm³/mol. The molecule has 1 aliphatic carbocycles. The molecule has 0 atom stereocenters. The Kier molecular flexibility index (Phi) is 7.75. The van der Waals surface area contributed by atoms with Crippen LogP contribution in [-0.4, -0.2) is 35.1 Å². The summed E-state index contributed by atoms with van der Waals surface area (Å²) in [5.41, 5.74) is 2.79. The average molecular weight is 422 g/mol. The average Bonchev–Trinajstić information content (AvgIpc) is 3.19. The summed E-state index contributed by atoms with van der Waals surface area (Å²) in [6.07, 6.45) is 6.05. The van der Waals surface area contributed by atoms with Crippen LogP contribution in [0, 0.1) is 11.6 Å². The Morgan fingerprint density at radius 2 is 1.87 bits per heavy atom. The third-order valence-electron chi connectivity index (χ3n) is 4.70. The molecule has 0 bridgehead atoms. The number of hydrogen-bond acceptors (Lipinski definition) is 6. The van der Waals surface area contributed by atoms with Crippen LogP contribution in [0.25, 0.3) is 5.69 Å². The maximum absolute atomic E-state index is 13.6. The van der Waals surface area contributed by atoms with Gasteiger partial charge in [0.05, 0.1) is 24.1 Å². The summed E-state index contributed by atoms with van der Waals surface area (Å²) in [7, 11) is 0. The van der Waals surface area contributed by atoms with Crippen molar-refractivity contribution in [3.8, 4) is 11.4 Å². The molecule has 2 N–H and O–H groups in total. The normalized spacial score (nSPS) is 14.4. The standard InChI is InChI=1S/C21H28F2N4O3/c1-14(2)30-26-9-5-8-24-19-13-25-27(17-11-15(22)10-16(23)12-17)21(28)20(19)29-18-6-3-4-7-18/h10-14,18,24,26H,3-9H2,1-2H3. The predicted octanol–water partition coefficient (Wildman–Crippen LogP) is 3.56. The molecular weight excluding hydrogens is 394 g/mol. The van der Waals surface area contributed by atoms with Crippen molar-refractivity contribution in [3.05, 3.63) is 46.4 Å². The third kappa shape index (κ3) is 5.99. The molecule has 2 aromatic rings. The number of benzene rings is 1. The molecule has 0 amide bonds. The minimum absolute atomic E-state index is 0.00959. The zero-order chi connectivity index (χ0) is 21.5. The van der Waals surface area contributed by atoms with Crippen LogP contribution in [0.3, 0.4) is 0 Å². The van der Waals surface area contributed by atoms with Gasteiger partial charge in [0.2, 0.25) is 5.75 Å². The van der Waals surface area contributed by atoms with E-state index in [1.165, 1.54) is 6.20 Å². The van der Waals surface area contributed by atoms with Crippen LogP contribution in [0.15, 0.2) is 29.2 Å². The van der Waals surface area contributed by atoms with Crippen molar-refractivity contribution in [2.45, 2.75) is 58.2 Å². The summed E-state index contributed by atoms with van der Waals surface area (Å²) in [6, 6.07) is 2.87. The zero-order valence-electron chi connectivity index (χ0n) is 17.3. The molecule has 0 radical (unpaired) electrons. The number of ether oxygens (including phenoxy) is 1. The lowest BCUT2D eigenvalue weighted by Crippen LogP contribution is -2.27. The fourth-order valence-electron chi connectivity index (χ4n) is 3.31. The van der Waals surface area contributed by atoms with Gasteiger partial charge >= 0.3 is 5.56 Å². The molecule has 0 aliphatic heterocycles. The molecular formula is C21H28F2N4O3. The number of aromatic nitrogens is 2. The summed E-state index contributed by atoms with van der Waals surface area (Å²) in [5.74, 6) is -1.45. The minimum atomic E-state index is -0.782. The molecule has 1 saturated carbocycles. The Bertz CT molecular complexity index is 878. The van der Waals surface area contributed by atoms with E-state index in [9.17, 15) is 13.6 Å². The lowest BCUT2D eigenvalue weighted by molar-refractivity contribution is -0.00463. The molecule has 0 unspecified atom stereocenters. The van der Waals surface area contributed by atoms with E-state index in [1.54, 1.807) is 0 Å². The van der Waals surface area contributed by atoms with E-state index in [1.807, 2.05) is 13.8 Å². The van der Waals surface area contributed by atoms with Gasteiger partial charge < -0.3 is 10.1 Å². The largest absolute Gasteiger partial charge is 0.483 e. The van der Waals surface area contributed by atoms with Crippen LogP contribution in [0.2, 0.25) is 0 Å². The van der Waals surface area contributed by atoms with Gasteiger partial charge in [0.1, 0.15) is 17.3 Å². The lowest BCUT2D eigenvalue weighted by Gasteiger charge is -2.18. The second kappa shape index (κ2) is 10.5. The van der Waals surface area contributed by atoms with E-state index in [2.05, 4.69) is 15.9 Å². The van der Waals surface area contributed by atoms with Crippen molar-refractivity contribution in [2.24, 2.45) is 0 Å².